The van der Waals surface area contributed by atoms with E-state index in [1.54, 1.807) is 6.20 Å². The Balaban J connectivity index is 1.76. The van der Waals surface area contributed by atoms with Gasteiger partial charge in [0.05, 0.1) is 6.33 Å². The molecule has 110 valence electrons. The molecular weight excluding hydrogens is 292 g/mol. The number of hydrogen-bond donors (Lipinski definition) is 0. The molecule has 0 bridgehead atoms. The number of allylic oxidation sites excluding steroid dienone is 2. The van der Waals surface area contributed by atoms with Crippen LogP contribution in [-0.4, -0.2) is 9.55 Å². The fraction of sp³-hybridized carbons (Fsp3) is 0.105. The van der Waals surface area contributed by atoms with E-state index in [1.807, 2.05) is 41.4 Å². The van der Waals surface area contributed by atoms with Crippen LogP contribution in [0.25, 0.3) is 16.7 Å². The fourth-order valence-electron chi connectivity index (χ4n) is 2.32. The van der Waals surface area contributed by atoms with E-state index in [0.29, 0.717) is 0 Å². The molecule has 3 aromatic rings. The van der Waals surface area contributed by atoms with Crippen molar-refractivity contribution in [1.29, 1.82) is 0 Å². The van der Waals surface area contributed by atoms with Crippen molar-refractivity contribution in [3.05, 3.63) is 83.9 Å². The van der Waals surface area contributed by atoms with E-state index in [-0.39, 0.29) is 0 Å². The third kappa shape index (κ3) is 3.46. The minimum absolute atomic E-state index is 0.763. The van der Waals surface area contributed by atoms with E-state index < -0.39 is 0 Å². The predicted octanol–water partition coefficient (Wildman–Crippen LogP) is 5.31. The first-order valence-corrected chi connectivity index (χ1v) is 7.59. The van der Waals surface area contributed by atoms with Crippen molar-refractivity contribution in [1.82, 2.24) is 9.55 Å². The van der Waals surface area contributed by atoms with Gasteiger partial charge in [-0.3, -0.25) is 0 Å². The van der Waals surface area contributed by atoms with Crippen LogP contribution in [-0.2, 0) is 6.54 Å². The number of nitrogens with zero attached hydrogens (tertiary/aromatic N) is 2. The standard InChI is InChI=1S/C19H17ClN2/c1-15(10-12-22-13-11-21-14-22)16-2-4-17(5-3-16)18-6-8-19(20)9-7-18/h2-11,13-14H,12H2,1H3/b15-10-. The van der Waals surface area contributed by atoms with E-state index in [9.17, 15) is 0 Å². The van der Waals surface area contributed by atoms with Gasteiger partial charge in [0, 0.05) is 24.0 Å². The minimum Gasteiger partial charge on any atom is -0.334 e. The SMILES string of the molecule is C/C(=C/Cn1ccnc1)c1ccc(-c2ccc(Cl)cc2)cc1. The zero-order chi connectivity index (χ0) is 15.4. The molecule has 0 radical (unpaired) electrons. The molecule has 0 fully saturated rings. The van der Waals surface area contributed by atoms with Gasteiger partial charge in [-0.05, 0) is 41.3 Å². The first-order chi connectivity index (χ1) is 10.7. The second kappa shape index (κ2) is 6.63. The molecule has 3 heteroatoms. The summed E-state index contributed by atoms with van der Waals surface area (Å²) in [6, 6.07) is 16.5. The molecule has 0 aliphatic heterocycles. The third-order valence-corrected chi connectivity index (χ3v) is 3.94. The highest BCUT2D eigenvalue weighted by Gasteiger charge is 2.00. The molecule has 0 saturated heterocycles. The average molecular weight is 309 g/mol. The van der Waals surface area contributed by atoms with Gasteiger partial charge in [-0.25, -0.2) is 4.98 Å². The van der Waals surface area contributed by atoms with Gasteiger partial charge in [0.2, 0.25) is 0 Å². The van der Waals surface area contributed by atoms with Gasteiger partial charge in [-0.1, -0.05) is 54.1 Å². The number of rotatable bonds is 4. The van der Waals surface area contributed by atoms with Gasteiger partial charge >= 0.3 is 0 Å². The fourth-order valence-corrected chi connectivity index (χ4v) is 2.45. The van der Waals surface area contributed by atoms with Crippen molar-refractivity contribution >= 4 is 17.2 Å². The number of hydrogen-bond acceptors (Lipinski definition) is 1. The summed E-state index contributed by atoms with van der Waals surface area (Å²) in [5.41, 5.74) is 4.87. The predicted molar refractivity (Wildman–Crippen MR) is 92.8 cm³/mol. The van der Waals surface area contributed by atoms with E-state index in [2.05, 4.69) is 42.2 Å². The Morgan fingerprint density at radius 1 is 1.05 bits per heavy atom. The molecule has 0 N–H and O–H groups in total. The molecule has 0 aliphatic carbocycles. The average Bonchev–Trinajstić information content (AvgIpc) is 3.07. The topological polar surface area (TPSA) is 17.8 Å². The molecule has 0 amide bonds. The Labute approximate surface area is 135 Å². The highest BCUT2D eigenvalue weighted by atomic mass is 35.5. The van der Waals surface area contributed by atoms with Crippen LogP contribution in [0.4, 0.5) is 0 Å². The highest BCUT2D eigenvalue weighted by Crippen LogP contribution is 2.23. The molecule has 0 saturated carbocycles. The third-order valence-electron chi connectivity index (χ3n) is 3.69. The van der Waals surface area contributed by atoms with Crippen LogP contribution in [0.1, 0.15) is 12.5 Å². The Hall–Kier alpha value is -2.32. The van der Waals surface area contributed by atoms with Gasteiger partial charge < -0.3 is 4.57 Å². The summed E-state index contributed by atoms with van der Waals surface area (Å²) in [5.74, 6) is 0. The minimum atomic E-state index is 0.763. The normalized spacial score (nSPS) is 11.6. The number of aromatic nitrogens is 2. The molecule has 2 aromatic carbocycles. The summed E-state index contributed by atoms with van der Waals surface area (Å²) in [4.78, 5) is 4.05. The first kappa shape index (κ1) is 14.6. The first-order valence-electron chi connectivity index (χ1n) is 7.21. The van der Waals surface area contributed by atoms with Crippen LogP contribution in [0.5, 0.6) is 0 Å². The quantitative estimate of drug-likeness (QED) is 0.639. The van der Waals surface area contributed by atoms with Crippen LogP contribution in [0, 0.1) is 0 Å². The van der Waals surface area contributed by atoms with E-state index in [1.165, 1.54) is 22.3 Å². The molecule has 3 rings (SSSR count). The van der Waals surface area contributed by atoms with Crippen molar-refractivity contribution in [2.24, 2.45) is 0 Å². The summed E-state index contributed by atoms with van der Waals surface area (Å²) >= 11 is 5.93. The van der Waals surface area contributed by atoms with Gasteiger partial charge in [-0.15, -0.1) is 0 Å². The van der Waals surface area contributed by atoms with Crippen molar-refractivity contribution < 1.29 is 0 Å². The summed E-state index contributed by atoms with van der Waals surface area (Å²) in [7, 11) is 0. The van der Waals surface area contributed by atoms with E-state index >= 15 is 0 Å². The molecule has 22 heavy (non-hydrogen) atoms. The Morgan fingerprint density at radius 3 is 2.27 bits per heavy atom. The van der Waals surface area contributed by atoms with Gasteiger partial charge in [0.15, 0.2) is 0 Å². The van der Waals surface area contributed by atoms with Crippen LogP contribution in [0.15, 0.2) is 73.3 Å². The van der Waals surface area contributed by atoms with Gasteiger partial charge in [0.25, 0.3) is 0 Å². The molecule has 0 atom stereocenters. The van der Waals surface area contributed by atoms with Crippen LogP contribution < -0.4 is 0 Å². The summed E-state index contributed by atoms with van der Waals surface area (Å²) in [5, 5.41) is 0.763. The Bertz CT molecular complexity index is 754. The highest BCUT2D eigenvalue weighted by molar-refractivity contribution is 6.30. The Kier molecular flexibility index (Phi) is 4.40. The van der Waals surface area contributed by atoms with Crippen LogP contribution >= 0.6 is 11.6 Å². The lowest BCUT2D eigenvalue weighted by atomic mass is 10.0. The number of benzene rings is 2. The van der Waals surface area contributed by atoms with Crippen molar-refractivity contribution in [2.45, 2.75) is 13.5 Å². The van der Waals surface area contributed by atoms with Crippen LogP contribution in [0.3, 0.4) is 0 Å². The molecule has 0 spiro atoms. The molecule has 0 unspecified atom stereocenters. The lowest BCUT2D eigenvalue weighted by Gasteiger charge is -2.06. The van der Waals surface area contributed by atoms with Gasteiger partial charge in [-0.2, -0.15) is 0 Å². The van der Waals surface area contributed by atoms with Crippen molar-refractivity contribution in [2.75, 3.05) is 0 Å². The largest absolute Gasteiger partial charge is 0.334 e. The maximum atomic E-state index is 5.93. The van der Waals surface area contributed by atoms with Crippen LogP contribution in [0.2, 0.25) is 5.02 Å². The summed E-state index contributed by atoms with van der Waals surface area (Å²) < 4.78 is 2.05. The zero-order valence-corrected chi connectivity index (χ0v) is 13.2. The molecule has 1 aromatic heterocycles. The molecule has 2 nitrogen and oxygen atoms in total. The van der Waals surface area contributed by atoms with Gasteiger partial charge in [0.1, 0.15) is 0 Å². The number of imidazole rings is 1. The van der Waals surface area contributed by atoms with E-state index in [0.717, 1.165) is 11.6 Å². The lowest BCUT2D eigenvalue weighted by Crippen LogP contribution is -1.91. The summed E-state index contributed by atoms with van der Waals surface area (Å²) in [6.07, 6.45) is 7.80. The molecule has 1 heterocycles. The zero-order valence-electron chi connectivity index (χ0n) is 12.4. The summed E-state index contributed by atoms with van der Waals surface area (Å²) in [6.45, 7) is 2.97. The Morgan fingerprint density at radius 2 is 1.68 bits per heavy atom. The maximum Gasteiger partial charge on any atom is 0.0948 e. The lowest BCUT2D eigenvalue weighted by molar-refractivity contribution is 0.821. The van der Waals surface area contributed by atoms with Crippen molar-refractivity contribution in [3.63, 3.8) is 0 Å². The smallest absolute Gasteiger partial charge is 0.0948 e. The molecule has 0 aliphatic rings. The maximum absolute atomic E-state index is 5.93. The number of halogens is 1. The second-order valence-electron chi connectivity index (χ2n) is 5.23. The second-order valence-corrected chi connectivity index (χ2v) is 5.67. The monoisotopic (exact) mass is 308 g/mol. The van der Waals surface area contributed by atoms with E-state index in [4.69, 9.17) is 11.6 Å². The van der Waals surface area contributed by atoms with Crippen molar-refractivity contribution in [3.8, 4) is 11.1 Å². The molecular formula is C19H17ClN2.